The first kappa shape index (κ1) is 16.5. The van der Waals surface area contributed by atoms with E-state index < -0.39 is 28.5 Å². The van der Waals surface area contributed by atoms with E-state index in [1.54, 1.807) is 0 Å². The maximum Gasteiger partial charge on any atom is 0.302 e. The van der Waals surface area contributed by atoms with Gasteiger partial charge in [0.25, 0.3) is 0 Å². The predicted octanol–water partition coefficient (Wildman–Crippen LogP) is -2.40. The van der Waals surface area contributed by atoms with Gasteiger partial charge in [0.15, 0.2) is 0 Å². The number of rotatable bonds is 4. The molecular weight excluding hydrogens is 314 g/mol. The molecule has 10 heteroatoms. The highest BCUT2D eigenvalue weighted by Crippen LogP contribution is 2.31. The molecule has 0 unspecified atom stereocenters. The first-order chi connectivity index (χ1) is 10.3. The number of nitrogens with two attached hydrogens (primary N) is 1. The number of hydrogen-bond donors (Lipinski definition) is 2. The van der Waals surface area contributed by atoms with Crippen molar-refractivity contribution < 1.29 is 28.2 Å². The Kier molecular flexibility index (Phi) is 4.54. The molecule has 0 bridgehead atoms. The van der Waals surface area contributed by atoms with Crippen LogP contribution in [0, 0.1) is 0 Å². The van der Waals surface area contributed by atoms with Crippen LogP contribution >= 0.6 is 0 Å². The zero-order valence-corrected chi connectivity index (χ0v) is 12.5. The molecule has 1 fully saturated rings. The second-order valence-electron chi connectivity index (χ2n) is 5.06. The molecule has 1 aliphatic rings. The summed E-state index contributed by atoms with van der Waals surface area (Å²) >= 11 is 0. The van der Waals surface area contributed by atoms with Gasteiger partial charge in [-0.25, -0.2) is 9.11 Å². The number of amides is 1. The molecule has 0 aliphatic carbocycles. The standard InChI is InChI=1S/C12H17N3O6S/c13-22(20,21)15-6-3-9(11(15)12(18)19)8-1-4-14(5-2-8)10(17)7-16/h3,6,8,16H,1-2,4-5,7H2,(H,18,19)(H2,13,20,21)/p-1. The molecule has 2 rings (SSSR count). The second-order valence-corrected chi connectivity index (χ2v) is 6.48. The molecule has 0 spiro atoms. The number of likely N-dealkylation sites (tertiary alicyclic amines) is 1. The number of carbonyl (C=O) groups is 2. The number of piperidine rings is 1. The van der Waals surface area contributed by atoms with E-state index in [0.29, 0.717) is 35.5 Å². The number of aromatic nitrogens is 1. The van der Waals surface area contributed by atoms with Crippen molar-refractivity contribution in [2.45, 2.75) is 18.8 Å². The summed E-state index contributed by atoms with van der Waals surface area (Å²) in [5.74, 6) is -2.23. The van der Waals surface area contributed by atoms with Gasteiger partial charge in [0, 0.05) is 19.3 Å². The van der Waals surface area contributed by atoms with Gasteiger partial charge >= 0.3 is 10.2 Å². The minimum atomic E-state index is -4.23. The maximum atomic E-state index is 11.4. The van der Waals surface area contributed by atoms with Crippen molar-refractivity contribution in [3.63, 3.8) is 0 Å². The lowest BCUT2D eigenvalue weighted by Gasteiger charge is -2.32. The van der Waals surface area contributed by atoms with E-state index in [4.69, 9.17) is 10.2 Å². The van der Waals surface area contributed by atoms with Crippen LogP contribution in [0.1, 0.15) is 34.8 Å². The van der Waals surface area contributed by atoms with Crippen molar-refractivity contribution in [3.8, 4) is 0 Å². The second kappa shape index (κ2) is 6.07. The van der Waals surface area contributed by atoms with Crippen molar-refractivity contribution in [1.29, 1.82) is 0 Å². The first-order valence-electron chi connectivity index (χ1n) is 6.60. The minimum absolute atomic E-state index is 0.223. The van der Waals surface area contributed by atoms with Gasteiger partial charge in [-0.3, -0.25) is 4.79 Å². The topological polar surface area (TPSA) is 146 Å². The Bertz CT molecular complexity index is 688. The lowest BCUT2D eigenvalue weighted by atomic mass is 9.89. The Morgan fingerprint density at radius 2 is 1.95 bits per heavy atom. The number of hydrogen-bond acceptors (Lipinski definition) is 6. The van der Waals surface area contributed by atoms with Crippen molar-refractivity contribution in [1.82, 2.24) is 8.87 Å². The van der Waals surface area contributed by atoms with Crippen LogP contribution in [0.25, 0.3) is 0 Å². The number of carboxylic acids is 1. The lowest BCUT2D eigenvalue weighted by molar-refractivity contribution is -0.255. The molecule has 0 aromatic carbocycles. The van der Waals surface area contributed by atoms with Crippen molar-refractivity contribution in [3.05, 3.63) is 23.5 Å². The molecule has 1 aromatic rings. The number of aliphatic hydroxyl groups is 1. The monoisotopic (exact) mass is 330 g/mol. The van der Waals surface area contributed by atoms with E-state index in [0.717, 1.165) is 6.20 Å². The molecule has 1 aliphatic heterocycles. The quantitative estimate of drug-likeness (QED) is 0.629. The van der Waals surface area contributed by atoms with E-state index >= 15 is 0 Å². The third kappa shape index (κ3) is 3.13. The SMILES string of the molecule is NS(=O)(=O)n1ccc(C2CCN(C(=O)CO)CC2)c1C(=O)[O-]. The number of carbonyl (C=O) groups excluding carboxylic acids is 2. The summed E-state index contributed by atoms with van der Waals surface area (Å²) in [5.41, 5.74) is -0.153. The summed E-state index contributed by atoms with van der Waals surface area (Å²) in [6.45, 7) is 0.144. The van der Waals surface area contributed by atoms with Crippen LogP contribution in [-0.2, 0) is 15.0 Å². The van der Waals surface area contributed by atoms with E-state index in [-0.39, 0.29) is 11.8 Å². The molecule has 0 radical (unpaired) electrons. The van der Waals surface area contributed by atoms with Gasteiger partial charge in [0.05, 0.1) is 11.7 Å². The number of carboxylic acid groups (broad SMARTS) is 1. The molecule has 3 N–H and O–H groups in total. The molecule has 0 atom stereocenters. The molecule has 1 saturated heterocycles. The Hall–Kier alpha value is -1.91. The van der Waals surface area contributed by atoms with Crippen LogP contribution < -0.4 is 10.2 Å². The van der Waals surface area contributed by atoms with Crippen molar-refractivity contribution in [2.24, 2.45) is 5.14 Å². The Labute approximate surface area is 127 Å². The highest BCUT2D eigenvalue weighted by atomic mass is 32.2. The van der Waals surface area contributed by atoms with Gasteiger partial charge in [0.1, 0.15) is 6.61 Å². The molecule has 22 heavy (non-hydrogen) atoms. The maximum absolute atomic E-state index is 11.4. The zero-order chi connectivity index (χ0) is 16.5. The summed E-state index contributed by atoms with van der Waals surface area (Å²) in [4.78, 5) is 24.1. The Balaban J connectivity index is 2.26. The van der Waals surface area contributed by atoms with Gasteiger partial charge in [-0.2, -0.15) is 8.42 Å². The normalized spacial score (nSPS) is 16.7. The molecule has 1 amide bonds. The smallest absolute Gasteiger partial charge is 0.302 e. The minimum Gasteiger partial charge on any atom is -0.543 e. The molecule has 9 nitrogen and oxygen atoms in total. The van der Waals surface area contributed by atoms with Gasteiger partial charge in [-0.15, -0.1) is 0 Å². The Morgan fingerprint density at radius 3 is 2.41 bits per heavy atom. The van der Waals surface area contributed by atoms with Gasteiger partial charge in [-0.05, 0) is 30.4 Å². The highest BCUT2D eigenvalue weighted by molar-refractivity contribution is 7.87. The van der Waals surface area contributed by atoms with Crippen LogP contribution in [0.3, 0.4) is 0 Å². The van der Waals surface area contributed by atoms with E-state index in [2.05, 4.69) is 0 Å². The third-order valence-corrected chi connectivity index (χ3v) is 4.63. The van der Waals surface area contributed by atoms with Crippen LogP contribution in [0.2, 0.25) is 0 Å². The summed E-state index contributed by atoms with van der Waals surface area (Å²) in [7, 11) is -4.23. The third-order valence-electron chi connectivity index (χ3n) is 3.77. The number of aliphatic hydroxyl groups excluding tert-OH is 1. The van der Waals surface area contributed by atoms with Gasteiger partial charge in [-0.1, -0.05) is 0 Å². The molecular formula is C12H16N3O6S-. The van der Waals surface area contributed by atoms with Crippen LogP contribution in [0.5, 0.6) is 0 Å². The van der Waals surface area contributed by atoms with Crippen molar-refractivity contribution >= 4 is 22.1 Å². The lowest BCUT2D eigenvalue weighted by Crippen LogP contribution is -2.40. The first-order valence-corrected chi connectivity index (χ1v) is 8.10. The van der Waals surface area contributed by atoms with E-state index in [9.17, 15) is 23.1 Å². The molecule has 2 heterocycles. The van der Waals surface area contributed by atoms with Gasteiger partial charge < -0.3 is 19.9 Å². The van der Waals surface area contributed by atoms with Crippen LogP contribution in [0.4, 0.5) is 0 Å². The van der Waals surface area contributed by atoms with E-state index in [1.807, 2.05) is 0 Å². The summed E-state index contributed by atoms with van der Waals surface area (Å²) in [6.07, 6.45) is 2.00. The molecule has 122 valence electrons. The highest BCUT2D eigenvalue weighted by Gasteiger charge is 2.28. The molecule has 1 aromatic heterocycles. The predicted molar refractivity (Wildman–Crippen MR) is 72.9 cm³/mol. The zero-order valence-electron chi connectivity index (χ0n) is 11.6. The van der Waals surface area contributed by atoms with Crippen LogP contribution in [-0.4, -0.2) is 54.0 Å². The van der Waals surface area contributed by atoms with Crippen LogP contribution in [0.15, 0.2) is 12.3 Å². The fourth-order valence-corrected chi connectivity index (χ4v) is 3.38. The van der Waals surface area contributed by atoms with E-state index in [1.165, 1.54) is 11.0 Å². The molecule has 0 saturated carbocycles. The van der Waals surface area contributed by atoms with Crippen molar-refractivity contribution in [2.75, 3.05) is 19.7 Å². The summed E-state index contributed by atoms with van der Waals surface area (Å²) < 4.78 is 23.3. The number of aromatic carboxylic acids is 1. The fraction of sp³-hybridized carbons (Fsp3) is 0.500. The van der Waals surface area contributed by atoms with Gasteiger partial charge in [0.2, 0.25) is 5.91 Å². The summed E-state index contributed by atoms with van der Waals surface area (Å²) in [5, 5.41) is 25.1. The summed E-state index contributed by atoms with van der Waals surface area (Å²) in [6, 6.07) is 1.39. The Morgan fingerprint density at radius 1 is 1.36 bits per heavy atom. The fourth-order valence-electron chi connectivity index (χ4n) is 2.72. The number of nitrogens with zero attached hydrogens (tertiary/aromatic N) is 2. The average Bonchev–Trinajstić information content (AvgIpc) is 2.91. The largest absolute Gasteiger partial charge is 0.543 e. The average molecular weight is 330 g/mol.